The van der Waals surface area contributed by atoms with Crippen molar-refractivity contribution in [2.45, 2.75) is 11.6 Å². The lowest BCUT2D eigenvalue weighted by molar-refractivity contribution is 0.578. The molecule has 0 fully saturated rings. The van der Waals surface area contributed by atoms with Crippen molar-refractivity contribution in [2.75, 3.05) is 0 Å². The van der Waals surface area contributed by atoms with Crippen LogP contribution >= 0.6 is 11.3 Å². The first-order chi connectivity index (χ1) is 10.5. The van der Waals surface area contributed by atoms with E-state index in [4.69, 9.17) is 0 Å². The number of hydrogen-bond acceptors (Lipinski definition) is 5. The number of imidazole rings is 1. The molecule has 3 aromatic heterocycles. The maximum absolute atomic E-state index is 12.1. The molecule has 0 bridgehead atoms. The summed E-state index contributed by atoms with van der Waals surface area (Å²) in [6.45, 7) is 0.194. The fraction of sp³-hybridized carbons (Fsp3) is 0.143. The van der Waals surface area contributed by atoms with E-state index < -0.39 is 10.0 Å². The zero-order valence-corrected chi connectivity index (χ0v) is 13.4. The van der Waals surface area contributed by atoms with Crippen molar-refractivity contribution in [2.24, 2.45) is 7.05 Å². The Morgan fingerprint density at radius 3 is 2.86 bits per heavy atom. The molecule has 3 aromatic rings. The lowest BCUT2D eigenvalue weighted by atomic mass is 10.2. The second-order valence-electron chi connectivity index (χ2n) is 4.73. The molecule has 0 unspecified atom stereocenters. The van der Waals surface area contributed by atoms with Crippen LogP contribution in [0.25, 0.3) is 10.6 Å². The van der Waals surface area contributed by atoms with E-state index in [1.165, 1.54) is 12.5 Å². The van der Waals surface area contributed by atoms with Crippen LogP contribution < -0.4 is 4.72 Å². The largest absolute Gasteiger partial charge is 0.339 e. The number of rotatable bonds is 5. The van der Waals surface area contributed by atoms with Crippen molar-refractivity contribution in [3.63, 3.8) is 0 Å². The molecular weight excluding hydrogens is 320 g/mol. The zero-order valence-electron chi connectivity index (χ0n) is 11.8. The van der Waals surface area contributed by atoms with Gasteiger partial charge in [-0.25, -0.2) is 18.1 Å². The van der Waals surface area contributed by atoms with Crippen LogP contribution in [0.15, 0.2) is 53.4 Å². The quantitative estimate of drug-likeness (QED) is 0.774. The van der Waals surface area contributed by atoms with Crippen molar-refractivity contribution in [3.8, 4) is 10.6 Å². The Kier molecular flexibility index (Phi) is 4.06. The van der Waals surface area contributed by atoms with Crippen molar-refractivity contribution < 1.29 is 8.42 Å². The Hall–Kier alpha value is -2.03. The van der Waals surface area contributed by atoms with Gasteiger partial charge in [-0.1, -0.05) is 6.07 Å². The van der Waals surface area contributed by atoms with E-state index in [0.717, 1.165) is 16.1 Å². The maximum atomic E-state index is 12.1. The van der Waals surface area contributed by atoms with Crippen LogP contribution in [-0.2, 0) is 23.6 Å². The third-order valence-electron chi connectivity index (χ3n) is 3.02. The summed E-state index contributed by atoms with van der Waals surface area (Å²) in [5, 5.41) is 2.00. The summed E-state index contributed by atoms with van der Waals surface area (Å²) in [5.41, 5.74) is 1.68. The van der Waals surface area contributed by atoms with Gasteiger partial charge in [0.15, 0.2) is 5.03 Å². The number of aryl methyl sites for hydroxylation is 1. The minimum atomic E-state index is -3.60. The third kappa shape index (κ3) is 3.24. The second kappa shape index (κ2) is 5.99. The molecule has 0 spiro atoms. The average Bonchev–Trinajstić information content (AvgIpc) is 3.17. The predicted octanol–water partition coefficient (Wildman–Crippen LogP) is 2.02. The number of pyridine rings is 1. The zero-order chi connectivity index (χ0) is 15.6. The smallest absolute Gasteiger partial charge is 0.259 e. The molecule has 8 heteroatoms. The number of aromatic nitrogens is 3. The highest BCUT2D eigenvalue weighted by molar-refractivity contribution is 7.89. The first-order valence-electron chi connectivity index (χ1n) is 6.51. The van der Waals surface area contributed by atoms with Gasteiger partial charge in [0.05, 0.1) is 16.9 Å². The second-order valence-corrected chi connectivity index (χ2v) is 7.39. The van der Waals surface area contributed by atoms with E-state index in [9.17, 15) is 8.42 Å². The van der Waals surface area contributed by atoms with E-state index in [1.807, 2.05) is 23.6 Å². The van der Waals surface area contributed by atoms with E-state index in [0.29, 0.717) is 0 Å². The molecule has 0 atom stereocenters. The number of nitrogens with one attached hydrogen (secondary N) is 1. The molecule has 3 heterocycles. The molecule has 0 aliphatic carbocycles. The highest BCUT2D eigenvalue weighted by Gasteiger charge is 2.16. The van der Waals surface area contributed by atoms with E-state index in [1.54, 1.807) is 35.2 Å². The molecule has 0 aromatic carbocycles. The topological polar surface area (TPSA) is 76.9 Å². The molecule has 1 N–H and O–H groups in total. The molecule has 3 rings (SSSR count). The molecule has 0 aliphatic heterocycles. The van der Waals surface area contributed by atoms with Crippen LogP contribution in [-0.4, -0.2) is 23.0 Å². The van der Waals surface area contributed by atoms with Gasteiger partial charge in [-0.2, -0.15) is 0 Å². The molecule has 0 radical (unpaired) electrons. The molecule has 0 saturated carbocycles. The number of sulfonamides is 1. The predicted molar refractivity (Wildman–Crippen MR) is 84.8 cm³/mol. The average molecular weight is 334 g/mol. The molecule has 0 aliphatic rings. The summed E-state index contributed by atoms with van der Waals surface area (Å²) in [6.07, 6.45) is 4.60. The first kappa shape index (κ1) is 14.9. The molecule has 114 valence electrons. The minimum absolute atomic E-state index is 0.0162. The number of hydrogen-bond donors (Lipinski definition) is 1. The van der Waals surface area contributed by atoms with Crippen LogP contribution in [0.3, 0.4) is 0 Å². The molecular formula is C14H14N4O2S2. The van der Waals surface area contributed by atoms with Gasteiger partial charge in [-0.05, 0) is 29.1 Å². The Morgan fingerprint density at radius 2 is 2.18 bits per heavy atom. The first-order valence-corrected chi connectivity index (χ1v) is 8.87. The summed E-state index contributed by atoms with van der Waals surface area (Å²) in [5.74, 6) is 0. The van der Waals surface area contributed by atoms with Gasteiger partial charge in [0.2, 0.25) is 0 Å². The fourth-order valence-electron chi connectivity index (χ4n) is 1.92. The van der Waals surface area contributed by atoms with Gasteiger partial charge in [-0.15, -0.1) is 11.3 Å². The van der Waals surface area contributed by atoms with Crippen molar-refractivity contribution in [1.82, 2.24) is 19.3 Å². The fourth-order valence-corrected chi connectivity index (χ4v) is 3.61. The number of thiophene rings is 1. The SMILES string of the molecule is Cn1cnc(S(=O)(=O)NCc2ccnc(-c3cccs3)c2)c1. The monoisotopic (exact) mass is 334 g/mol. The lowest BCUT2D eigenvalue weighted by Crippen LogP contribution is -2.23. The van der Waals surface area contributed by atoms with Crippen molar-refractivity contribution >= 4 is 21.4 Å². The Morgan fingerprint density at radius 1 is 1.32 bits per heavy atom. The highest BCUT2D eigenvalue weighted by Crippen LogP contribution is 2.23. The van der Waals surface area contributed by atoms with Gasteiger partial charge in [0.1, 0.15) is 0 Å². The number of nitrogens with zero attached hydrogens (tertiary/aromatic N) is 3. The van der Waals surface area contributed by atoms with Gasteiger partial charge in [0, 0.05) is 26.0 Å². The summed E-state index contributed by atoms with van der Waals surface area (Å²) in [4.78, 5) is 9.22. The third-order valence-corrected chi connectivity index (χ3v) is 5.20. The van der Waals surface area contributed by atoms with Crippen LogP contribution in [0.5, 0.6) is 0 Å². The van der Waals surface area contributed by atoms with E-state index >= 15 is 0 Å². The van der Waals surface area contributed by atoms with Crippen LogP contribution in [0, 0.1) is 0 Å². The summed E-state index contributed by atoms with van der Waals surface area (Å²) in [6, 6.07) is 7.61. The van der Waals surface area contributed by atoms with E-state index in [-0.39, 0.29) is 11.6 Å². The summed E-state index contributed by atoms with van der Waals surface area (Å²) in [7, 11) is -1.88. The molecule has 6 nitrogen and oxygen atoms in total. The van der Waals surface area contributed by atoms with Crippen LogP contribution in [0.1, 0.15) is 5.56 Å². The normalized spacial score (nSPS) is 11.7. The van der Waals surface area contributed by atoms with Gasteiger partial charge < -0.3 is 4.57 Å². The highest BCUT2D eigenvalue weighted by atomic mass is 32.2. The molecule has 0 amide bonds. The lowest BCUT2D eigenvalue weighted by Gasteiger charge is -2.05. The molecule has 22 heavy (non-hydrogen) atoms. The summed E-state index contributed by atoms with van der Waals surface area (Å²) < 4.78 is 28.4. The van der Waals surface area contributed by atoms with Gasteiger partial charge in [-0.3, -0.25) is 4.98 Å². The maximum Gasteiger partial charge on any atom is 0.259 e. The standard InChI is InChI=1S/C14H14N4O2S2/c1-18-9-14(16-10-18)22(19,20)17-8-11-4-5-15-12(7-11)13-3-2-6-21-13/h2-7,9-10,17H,8H2,1H3. The summed E-state index contributed by atoms with van der Waals surface area (Å²) >= 11 is 1.59. The van der Waals surface area contributed by atoms with Gasteiger partial charge in [0.25, 0.3) is 10.0 Å². The van der Waals surface area contributed by atoms with Gasteiger partial charge >= 0.3 is 0 Å². The Balaban J connectivity index is 1.75. The minimum Gasteiger partial charge on any atom is -0.339 e. The van der Waals surface area contributed by atoms with E-state index in [2.05, 4.69) is 14.7 Å². The Bertz CT molecular complexity index is 870. The van der Waals surface area contributed by atoms with Crippen molar-refractivity contribution in [3.05, 3.63) is 53.9 Å². The van der Waals surface area contributed by atoms with Crippen LogP contribution in [0.2, 0.25) is 0 Å². The Labute approximate surface area is 132 Å². The molecule has 0 saturated heterocycles. The van der Waals surface area contributed by atoms with Crippen molar-refractivity contribution in [1.29, 1.82) is 0 Å². The van der Waals surface area contributed by atoms with Crippen LogP contribution in [0.4, 0.5) is 0 Å².